The fraction of sp³-hybridized carbons (Fsp3) is 1.00. The largest absolute Gasteiger partial charge is 0.381 e. The SMILES string of the molecule is CCCN(C)CC1(CNC)CCOCC1. The van der Waals surface area contributed by atoms with Crippen LogP contribution in [0.1, 0.15) is 26.2 Å². The Kier molecular flexibility index (Phi) is 5.58. The van der Waals surface area contributed by atoms with Gasteiger partial charge in [0.1, 0.15) is 0 Å². The topological polar surface area (TPSA) is 24.5 Å². The molecule has 1 N–H and O–H groups in total. The summed E-state index contributed by atoms with van der Waals surface area (Å²) in [5.41, 5.74) is 0.441. The Bertz CT molecular complexity index is 161. The van der Waals surface area contributed by atoms with Gasteiger partial charge in [0, 0.05) is 26.3 Å². The lowest BCUT2D eigenvalue weighted by molar-refractivity contribution is 0.000359. The van der Waals surface area contributed by atoms with Gasteiger partial charge in [-0.1, -0.05) is 6.92 Å². The lowest BCUT2D eigenvalue weighted by Gasteiger charge is -2.40. The first-order valence-electron chi connectivity index (χ1n) is 6.13. The van der Waals surface area contributed by atoms with Crippen LogP contribution in [-0.4, -0.2) is 51.8 Å². The molecule has 0 atom stereocenters. The maximum Gasteiger partial charge on any atom is 0.0472 e. The summed E-state index contributed by atoms with van der Waals surface area (Å²) in [4.78, 5) is 2.46. The van der Waals surface area contributed by atoms with Gasteiger partial charge in [-0.3, -0.25) is 0 Å². The number of hydrogen-bond acceptors (Lipinski definition) is 3. The van der Waals surface area contributed by atoms with Crippen molar-refractivity contribution in [1.29, 1.82) is 0 Å². The van der Waals surface area contributed by atoms with Gasteiger partial charge in [0.2, 0.25) is 0 Å². The lowest BCUT2D eigenvalue weighted by Crippen LogP contribution is -2.46. The Morgan fingerprint density at radius 1 is 1.33 bits per heavy atom. The monoisotopic (exact) mass is 214 g/mol. The van der Waals surface area contributed by atoms with Crippen molar-refractivity contribution in [2.24, 2.45) is 5.41 Å². The minimum atomic E-state index is 0.441. The summed E-state index contributed by atoms with van der Waals surface area (Å²) in [7, 11) is 4.29. The predicted molar refractivity (Wildman–Crippen MR) is 64.2 cm³/mol. The third-order valence-electron chi connectivity index (χ3n) is 3.32. The van der Waals surface area contributed by atoms with Crippen LogP contribution in [0.5, 0.6) is 0 Å². The zero-order valence-electron chi connectivity index (χ0n) is 10.5. The highest BCUT2D eigenvalue weighted by molar-refractivity contribution is 4.86. The molecule has 0 unspecified atom stereocenters. The maximum atomic E-state index is 5.47. The molecule has 0 spiro atoms. The Morgan fingerprint density at radius 3 is 2.53 bits per heavy atom. The minimum absolute atomic E-state index is 0.441. The smallest absolute Gasteiger partial charge is 0.0472 e. The molecule has 1 saturated heterocycles. The molecule has 90 valence electrons. The average Bonchev–Trinajstić information content (AvgIpc) is 2.19. The quantitative estimate of drug-likeness (QED) is 0.722. The number of rotatable bonds is 6. The van der Waals surface area contributed by atoms with E-state index < -0.39 is 0 Å². The van der Waals surface area contributed by atoms with E-state index in [1.54, 1.807) is 0 Å². The van der Waals surface area contributed by atoms with Crippen molar-refractivity contribution in [2.45, 2.75) is 26.2 Å². The van der Waals surface area contributed by atoms with Crippen LogP contribution in [0.4, 0.5) is 0 Å². The second-order valence-electron chi connectivity index (χ2n) is 4.88. The van der Waals surface area contributed by atoms with Crippen LogP contribution in [0.2, 0.25) is 0 Å². The number of ether oxygens (including phenoxy) is 1. The molecule has 3 heteroatoms. The molecule has 0 amide bonds. The average molecular weight is 214 g/mol. The molecule has 0 aliphatic carbocycles. The summed E-state index contributed by atoms with van der Waals surface area (Å²) in [5.74, 6) is 0. The molecule has 0 aromatic rings. The summed E-state index contributed by atoms with van der Waals surface area (Å²) in [5, 5.41) is 3.34. The van der Waals surface area contributed by atoms with E-state index in [-0.39, 0.29) is 0 Å². The van der Waals surface area contributed by atoms with Gasteiger partial charge in [0.25, 0.3) is 0 Å². The van der Waals surface area contributed by atoms with Gasteiger partial charge in [0.15, 0.2) is 0 Å². The van der Waals surface area contributed by atoms with E-state index in [9.17, 15) is 0 Å². The summed E-state index contributed by atoms with van der Waals surface area (Å²) in [6, 6.07) is 0. The fourth-order valence-corrected chi connectivity index (χ4v) is 2.60. The molecule has 0 bridgehead atoms. The predicted octanol–water partition coefficient (Wildman–Crippen LogP) is 1.34. The highest BCUT2D eigenvalue weighted by Gasteiger charge is 2.32. The van der Waals surface area contributed by atoms with E-state index >= 15 is 0 Å². The van der Waals surface area contributed by atoms with Crippen LogP contribution in [0.3, 0.4) is 0 Å². The van der Waals surface area contributed by atoms with Crippen LogP contribution >= 0.6 is 0 Å². The van der Waals surface area contributed by atoms with Gasteiger partial charge < -0.3 is 15.0 Å². The van der Waals surface area contributed by atoms with Gasteiger partial charge in [-0.05, 0) is 45.3 Å². The maximum absolute atomic E-state index is 5.47. The molecule has 1 aliphatic heterocycles. The molecule has 1 aliphatic rings. The van der Waals surface area contributed by atoms with Crippen molar-refractivity contribution in [3.63, 3.8) is 0 Å². The summed E-state index contributed by atoms with van der Waals surface area (Å²) < 4.78 is 5.47. The van der Waals surface area contributed by atoms with E-state index in [2.05, 4.69) is 31.2 Å². The lowest BCUT2D eigenvalue weighted by atomic mass is 9.79. The molecule has 1 rings (SSSR count). The van der Waals surface area contributed by atoms with Crippen LogP contribution < -0.4 is 5.32 Å². The van der Waals surface area contributed by atoms with E-state index in [0.717, 1.165) is 19.8 Å². The Morgan fingerprint density at radius 2 is 2.00 bits per heavy atom. The Balaban J connectivity index is 2.47. The van der Waals surface area contributed by atoms with Gasteiger partial charge >= 0.3 is 0 Å². The minimum Gasteiger partial charge on any atom is -0.381 e. The summed E-state index contributed by atoms with van der Waals surface area (Å²) in [6.07, 6.45) is 3.63. The molecule has 15 heavy (non-hydrogen) atoms. The second kappa shape index (κ2) is 6.46. The highest BCUT2D eigenvalue weighted by atomic mass is 16.5. The zero-order chi connectivity index (χ0) is 11.1. The molecular weight excluding hydrogens is 188 g/mol. The third kappa shape index (κ3) is 4.09. The molecule has 1 heterocycles. The van der Waals surface area contributed by atoms with E-state index in [1.807, 2.05) is 0 Å². The molecule has 3 nitrogen and oxygen atoms in total. The first-order chi connectivity index (χ1) is 7.22. The summed E-state index contributed by atoms with van der Waals surface area (Å²) in [6.45, 7) is 7.62. The van der Waals surface area contributed by atoms with Gasteiger partial charge in [-0.15, -0.1) is 0 Å². The first-order valence-corrected chi connectivity index (χ1v) is 6.13. The fourth-order valence-electron chi connectivity index (χ4n) is 2.60. The summed E-state index contributed by atoms with van der Waals surface area (Å²) >= 11 is 0. The molecule has 0 aromatic carbocycles. The highest BCUT2D eigenvalue weighted by Crippen LogP contribution is 2.30. The van der Waals surface area contributed by atoms with E-state index in [4.69, 9.17) is 4.74 Å². The van der Waals surface area contributed by atoms with E-state index in [1.165, 1.54) is 32.4 Å². The van der Waals surface area contributed by atoms with Crippen LogP contribution in [0.15, 0.2) is 0 Å². The zero-order valence-corrected chi connectivity index (χ0v) is 10.5. The van der Waals surface area contributed by atoms with Crippen molar-refractivity contribution in [1.82, 2.24) is 10.2 Å². The number of nitrogens with one attached hydrogen (secondary N) is 1. The van der Waals surface area contributed by atoms with E-state index in [0.29, 0.717) is 5.41 Å². The van der Waals surface area contributed by atoms with Gasteiger partial charge in [-0.2, -0.15) is 0 Å². The van der Waals surface area contributed by atoms with Crippen LogP contribution in [0.25, 0.3) is 0 Å². The third-order valence-corrected chi connectivity index (χ3v) is 3.32. The van der Waals surface area contributed by atoms with Crippen molar-refractivity contribution >= 4 is 0 Å². The number of hydrogen-bond donors (Lipinski definition) is 1. The molecule has 0 aromatic heterocycles. The van der Waals surface area contributed by atoms with Gasteiger partial charge in [0.05, 0.1) is 0 Å². The van der Waals surface area contributed by atoms with Crippen LogP contribution in [0, 0.1) is 5.41 Å². The Labute approximate surface area is 94.2 Å². The first kappa shape index (κ1) is 12.9. The second-order valence-corrected chi connectivity index (χ2v) is 4.88. The van der Waals surface area contributed by atoms with Crippen molar-refractivity contribution in [3.8, 4) is 0 Å². The normalized spacial score (nSPS) is 20.8. The molecule has 0 radical (unpaired) electrons. The molecular formula is C12H26N2O. The Hall–Kier alpha value is -0.120. The van der Waals surface area contributed by atoms with Crippen molar-refractivity contribution in [2.75, 3.05) is 46.9 Å². The molecule has 0 saturated carbocycles. The molecule has 1 fully saturated rings. The van der Waals surface area contributed by atoms with Crippen molar-refractivity contribution in [3.05, 3.63) is 0 Å². The van der Waals surface area contributed by atoms with Crippen molar-refractivity contribution < 1.29 is 4.74 Å². The standard InChI is InChI=1S/C12H26N2O/c1-4-7-14(3)11-12(10-13-2)5-8-15-9-6-12/h13H,4-11H2,1-3H3. The van der Waals surface area contributed by atoms with Crippen LogP contribution in [-0.2, 0) is 4.74 Å². The number of nitrogens with zero attached hydrogens (tertiary/aromatic N) is 1. The van der Waals surface area contributed by atoms with Gasteiger partial charge in [-0.25, -0.2) is 0 Å².